The van der Waals surface area contributed by atoms with Crippen molar-refractivity contribution in [2.45, 2.75) is 26.2 Å². The van der Waals surface area contributed by atoms with Crippen molar-refractivity contribution in [3.05, 3.63) is 24.1 Å². The van der Waals surface area contributed by atoms with Crippen molar-refractivity contribution in [2.24, 2.45) is 0 Å². The van der Waals surface area contributed by atoms with Crippen LogP contribution in [0.5, 0.6) is 0 Å². The van der Waals surface area contributed by atoms with Gasteiger partial charge in [-0.1, -0.05) is 24.6 Å². The summed E-state index contributed by atoms with van der Waals surface area (Å²) in [6.45, 7) is 2.09. The average molecular weight is 174 g/mol. The monoisotopic (exact) mass is 174 g/mol. The van der Waals surface area contributed by atoms with E-state index in [-0.39, 0.29) is 0 Å². The van der Waals surface area contributed by atoms with Crippen LogP contribution in [0.3, 0.4) is 0 Å². The lowest BCUT2D eigenvalue weighted by Gasteiger charge is -1.99. The van der Waals surface area contributed by atoms with Gasteiger partial charge in [-0.15, -0.1) is 0 Å². The lowest BCUT2D eigenvalue weighted by atomic mass is 10.1. The summed E-state index contributed by atoms with van der Waals surface area (Å²) in [4.78, 5) is 0. The highest BCUT2D eigenvalue weighted by molar-refractivity contribution is 7.80. The molecule has 0 aromatic carbocycles. The van der Waals surface area contributed by atoms with Gasteiger partial charge in [-0.05, 0) is 19.3 Å². The molecule has 0 saturated heterocycles. The van der Waals surface area contributed by atoms with Crippen LogP contribution < -0.4 is 0 Å². The number of rotatable bonds is 5. The van der Waals surface area contributed by atoms with Gasteiger partial charge in [-0.2, -0.15) is 12.6 Å². The molecule has 2 heteroatoms. The lowest BCUT2D eigenvalue weighted by Crippen LogP contribution is -1.83. The highest BCUT2D eigenvalue weighted by Crippen LogP contribution is 2.08. The SMILES string of the molecule is CC/C=C(/CS)CC/C=C/F. The van der Waals surface area contributed by atoms with E-state index in [1.807, 2.05) is 0 Å². The van der Waals surface area contributed by atoms with Gasteiger partial charge in [0, 0.05) is 5.75 Å². The largest absolute Gasteiger partial charge is 0.216 e. The molecule has 0 aromatic heterocycles. The molecule has 0 nitrogen and oxygen atoms in total. The Labute approximate surface area is 73.6 Å². The Morgan fingerprint density at radius 1 is 1.55 bits per heavy atom. The van der Waals surface area contributed by atoms with Crippen LogP contribution >= 0.6 is 12.6 Å². The molecule has 0 aromatic rings. The minimum atomic E-state index is 0.599. The van der Waals surface area contributed by atoms with E-state index in [0.29, 0.717) is 6.33 Å². The molecule has 0 saturated carbocycles. The standard InChI is InChI=1S/C9H15FS/c1-2-5-9(8-11)6-3-4-7-10/h4-5,7,11H,2-3,6,8H2,1H3/b7-4+,9-5+. The van der Waals surface area contributed by atoms with Crippen molar-refractivity contribution in [1.82, 2.24) is 0 Å². The quantitative estimate of drug-likeness (QED) is 0.478. The average Bonchev–Trinajstić information content (AvgIpc) is 2.03. The fourth-order valence-electron chi connectivity index (χ4n) is 0.866. The first kappa shape index (κ1) is 10.8. The van der Waals surface area contributed by atoms with Gasteiger partial charge in [0.25, 0.3) is 0 Å². The molecule has 0 spiro atoms. The van der Waals surface area contributed by atoms with Gasteiger partial charge in [0.2, 0.25) is 0 Å². The normalized spacial score (nSPS) is 12.8. The fraction of sp³-hybridized carbons (Fsp3) is 0.556. The molecule has 0 radical (unpaired) electrons. The Morgan fingerprint density at radius 2 is 2.27 bits per heavy atom. The van der Waals surface area contributed by atoms with Crippen molar-refractivity contribution in [3.63, 3.8) is 0 Å². The summed E-state index contributed by atoms with van der Waals surface area (Å²) in [6.07, 6.45) is 7.03. The molecule has 0 amide bonds. The smallest absolute Gasteiger partial charge is 0.0827 e. The molecular weight excluding hydrogens is 159 g/mol. The van der Waals surface area contributed by atoms with Gasteiger partial charge in [-0.3, -0.25) is 0 Å². The number of thiol groups is 1. The highest BCUT2D eigenvalue weighted by Gasteiger charge is 1.91. The Bertz CT molecular complexity index is 138. The van der Waals surface area contributed by atoms with Crippen LogP contribution in [0, 0.1) is 0 Å². The molecule has 0 fully saturated rings. The number of halogens is 1. The van der Waals surface area contributed by atoms with Crippen molar-refractivity contribution in [2.75, 3.05) is 5.75 Å². The molecule has 0 atom stereocenters. The van der Waals surface area contributed by atoms with E-state index in [4.69, 9.17) is 0 Å². The predicted octanol–water partition coefficient (Wildman–Crippen LogP) is 3.52. The third-order valence-corrected chi connectivity index (χ3v) is 1.82. The lowest BCUT2D eigenvalue weighted by molar-refractivity contribution is 0.712. The molecule has 0 N–H and O–H groups in total. The van der Waals surface area contributed by atoms with E-state index in [9.17, 15) is 4.39 Å². The minimum Gasteiger partial charge on any atom is -0.216 e. The third kappa shape index (κ3) is 6.17. The maximum absolute atomic E-state index is 11.5. The first-order valence-electron chi connectivity index (χ1n) is 3.89. The Kier molecular flexibility index (Phi) is 7.69. The van der Waals surface area contributed by atoms with Crippen molar-refractivity contribution in [1.29, 1.82) is 0 Å². The summed E-state index contributed by atoms with van der Waals surface area (Å²) >= 11 is 4.17. The molecule has 0 rings (SSSR count). The summed E-state index contributed by atoms with van der Waals surface area (Å²) in [5.74, 6) is 0.786. The fourth-order valence-corrected chi connectivity index (χ4v) is 1.15. The zero-order valence-corrected chi connectivity index (χ0v) is 7.78. The number of allylic oxidation sites excluding steroid dienone is 2. The first-order chi connectivity index (χ1) is 5.35. The molecule has 0 aliphatic rings. The second-order valence-electron chi connectivity index (χ2n) is 2.33. The molecule has 0 bridgehead atoms. The van der Waals surface area contributed by atoms with E-state index in [1.165, 1.54) is 11.6 Å². The summed E-state index contributed by atoms with van der Waals surface area (Å²) < 4.78 is 11.5. The van der Waals surface area contributed by atoms with Crippen LogP contribution in [0.2, 0.25) is 0 Å². The van der Waals surface area contributed by atoms with E-state index >= 15 is 0 Å². The van der Waals surface area contributed by atoms with Crippen LogP contribution in [0.15, 0.2) is 24.1 Å². The zero-order valence-electron chi connectivity index (χ0n) is 6.89. The molecule has 0 heterocycles. The molecule has 0 unspecified atom stereocenters. The molecule has 0 aliphatic carbocycles. The topological polar surface area (TPSA) is 0 Å². The minimum absolute atomic E-state index is 0.599. The van der Waals surface area contributed by atoms with Gasteiger partial charge < -0.3 is 0 Å². The van der Waals surface area contributed by atoms with Crippen molar-refractivity contribution in [3.8, 4) is 0 Å². The molecule has 64 valence electrons. The second-order valence-corrected chi connectivity index (χ2v) is 2.65. The zero-order chi connectivity index (χ0) is 8.53. The van der Waals surface area contributed by atoms with E-state index < -0.39 is 0 Å². The molecule has 0 aliphatic heterocycles. The third-order valence-electron chi connectivity index (χ3n) is 1.42. The Balaban J connectivity index is 3.60. The maximum atomic E-state index is 11.5. The molecular formula is C9H15FS. The van der Waals surface area contributed by atoms with Gasteiger partial charge in [-0.25, -0.2) is 4.39 Å². The summed E-state index contributed by atoms with van der Waals surface area (Å²) in [5, 5.41) is 0. The van der Waals surface area contributed by atoms with Crippen LogP contribution in [0.25, 0.3) is 0 Å². The summed E-state index contributed by atoms with van der Waals surface area (Å²) in [6, 6.07) is 0. The highest BCUT2D eigenvalue weighted by atomic mass is 32.1. The van der Waals surface area contributed by atoms with Crippen molar-refractivity contribution >= 4 is 12.6 Å². The van der Waals surface area contributed by atoms with E-state index in [2.05, 4.69) is 25.6 Å². The predicted molar refractivity (Wildman–Crippen MR) is 51.7 cm³/mol. The van der Waals surface area contributed by atoms with E-state index in [1.54, 1.807) is 0 Å². The van der Waals surface area contributed by atoms with Crippen molar-refractivity contribution < 1.29 is 4.39 Å². The van der Waals surface area contributed by atoms with Gasteiger partial charge in [0.1, 0.15) is 0 Å². The van der Waals surface area contributed by atoms with Gasteiger partial charge >= 0.3 is 0 Å². The van der Waals surface area contributed by atoms with Crippen LogP contribution in [0.4, 0.5) is 4.39 Å². The van der Waals surface area contributed by atoms with Gasteiger partial charge in [0.15, 0.2) is 0 Å². The van der Waals surface area contributed by atoms with Gasteiger partial charge in [0.05, 0.1) is 6.33 Å². The maximum Gasteiger partial charge on any atom is 0.0827 e. The summed E-state index contributed by atoms with van der Waals surface area (Å²) in [7, 11) is 0. The first-order valence-corrected chi connectivity index (χ1v) is 4.52. The van der Waals surface area contributed by atoms with E-state index in [0.717, 1.165) is 25.0 Å². The van der Waals surface area contributed by atoms with Crippen LogP contribution in [-0.2, 0) is 0 Å². The Morgan fingerprint density at radius 3 is 2.73 bits per heavy atom. The Hall–Kier alpha value is -0.240. The van der Waals surface area contributed by atoms with Crippen LogP contribution in [-0.4, -0.2) is 5.75 Å². The second kappa shape index (κ2) is 7.86. The number of hydrogen-bond acceptors (Lipinski definition) is 1. The van der Waals surface area contributed by atoms with Crippen LogP contribution in [0.1, 0.15) is 26.2 Å². The number of hydrogen-bond donors (Lipinski definition) is 1. The summed E-state index contributed by atoms with van der Waals surface area (Å²) in [5.41, 5.74) is 1.30. The molecule has 11 heavy (non-hydrogen) atoms.